The number of para-hydroxylation sites is 1. The molecule has 4 heteroatoms. The van der Waals surface area contributed by atoms with Crippen LogP contribution in [0.4, 0.5) is 5.82 Å². The number of hydrogen-bond acceptors (Lipinski definition) is 3. The van der Waals surface area contributed by atoms with Crippen LogP contribution in [0, 0.1) is 0 Å². The zero-order valence-electron chi connectivity index (χ0n) is 8.84. The van der Waals surface area contributed by atoms with Crippen molar-refractivity contribution in [3.05, 3.63) is 42.1 Å². The zero-order valence-corrected chi connectivity index (χ0v) is 8.84. The molecule has 0 spiro atoms. The Labute approximate surface area is 93.6 Å². The minimum atomic E-state index is 0.371. The number of rotatable bonds is 2. The Morgan fingerprint density at radius 3 is 3.06 bits per heavy atom. The molecule has 0 bridgehead atoms. The number of fused-ring (bicyclic) bond motifs is 1. The maximum atomic E-state index is 5.62. The summed E-state index contributed by atoms with van der Waals surface area (Å²) in [6.45, 7) is 1.54. The number of anilines is 1. The highest BCUT2D eigenvalue weighted by Crippen LogP contribution is 2.34. The van der Waals surface area contributed by atoms with Gasteiger partial charge in [-0.3, -0.25) is 4.68 Å². The van der Waals surface area contributed by atoms with Gasteiger partial charge in [0.25, 0.3) is 0 Å². The molecule has 2 aromatic rings. The van der Waals surface area contributed by atoms with Crippen molar-refractivity contribution in [1.82, 2.24) is 9.78 Å². The summed E-state index contributed by atoms with van der Waals surface area (Å²) in [5, 5.41) is 4.19. The molecule has 2 N–H and O–H groups in total. The van der Waals surface area contributed by atoms with Crippen LogP contribution in [-0.4, -0.2) is 16.4 Å². The van der Waals surface area contributed by atoms with E-state index in [1.54, 1.807) is 0 Å². The molecule has 16 heavy (non-hydrogen) atoms. The van der Waals surface area contributed by atoms with Crippen molar-refractivity contribution in [1.29, 1.82) is 0 Å². The van der Waals surface area contributed by atoms with Gasteiger partial charge in [0.2, 0.25) is 0 Å². The maximum absolute atomic E-state index is 5.62. The maximum Gasteiger partial charge on any atom is 0.145 e. The van der Waals surface area contributed by atoms with E-state index in [4.69, 9.17) is 10.5 Å². The molecule has 4 nitrogen and oxygen atoms in total. The molecule has 0 radical (unpaired) electrons. The fourth-order valence-electron chi connectivity index (χ4n) is 2.09. The highest BCUT2D eigenvalue weighted by Gasteiger charge is 2.23. The van der Waals surface area contributed by atoms with Crippen LogP contribution >= 0.6 is 0 Å². The summed E-state index contributed by atoms with van der Waals surface area (Å²) in [6.07, 6.45) is 1.90. The van der Waals surface area contributed by atoms with Crippen molar-refractivity contribution >= 4 is 5.82 Å². The van der Waals surface area contributed by atoms with Crippen molar-refractivity contribution in [3.8, 4) is 5.75 Å². The first-order chi connectivity index (χ1) is 7.83. The van der Waals surface area contributed by atoms with Gasteiger partial charge in [0.15, 0.2) is 0 Å². The lowest BCUT2D eigenvalue weighted by Crippen LogP contribution is -2.11. The van der Waals surface area contributed by atoms with Gasteiger partial charge in [-0.2, -0.15) is 5.10 Å². The smallest absolute Gasteiger partial charge is 0.145 e. The average Bonchev–Trinajstić information content (AvgIpc) is 2.87. The number of nitrogen functional groups attached to an aromatic ring is 1. The van der Waals surface area contributed by atoms with Crippen LogP contribution in [0.2, 0.25) is 0 Å². The van der Waals surface area contributed by atoms with Gasteiger partial charge in [-0.1, -0.05) is 18.2 Å². The first-order valence-corrected chi connectivity index (χ1v) is 5.33. The average molecular weight is 215 g/mol. The summed E-state index contributed by atoms with van der Waals surface area (Å²) in [4.78, 5) is 0. The van der Waals surface area contributed by atoms with Gasteiger partial charge >= 0.3 is 0 Å². The van der Waals surface area contributed by atoms with E-state index >= 15 is 0 Å². The Kier molecular flexibility index (Phi) is 2.06. The molecule has 1 aromatic carbocycles. The van der Waals surface area contributed by atoms with E-state index in [1.807, 2.05) is 35.1 Å². The predicted octanol–water partition coefficient (Wildman–Crippen LogP) is 1.64. The Morgan fingerprint density at radius 1 is 1.38 bits per heavy atom. The predicted molar refractivity (Wildman–Crippen MR) is 61.3 cm³/mol. The van der Waals surface area contributed by atoms with Crippen LogP contribution in [-0.2, 0) is 6.54 Å². The highest BCUT2D eigenvalue weighted by atomic mass is 16.5. The standard InChI is InChI=1S/C12H13N3O/c13-12-5-6-15(14-12)7-9-8-16-11-4-2-1-3-10(9)11/h1-6,9H,7-8H2,(H2,13,14). The third-order valence-electron chi connectivity index (χ3n) is 2.87. The molecule has 1 aliphatic rings. The van der Waals surface area contributed by atoms with Crippen LogP contribution in [0.15, 0.2) is 36.5 Å². The normalized spacial score (nSPS) is 18.1. The lowest BCUT2D eigenvalue weighted by Gasteiger charge is -2.08. The number of hydrogen-bond donors (Lipinski definition) is 1. The van der Waals surface area contributed by atoms with Crippen LogP contribution in [0.25, 0.3) is 0 Å². The second-order valence-corrected chi connectivity index (χ2v) is 4.01. The SMILES string of the molecule is Nc1ccn(CC2COc3ccccc32)n1. The van der Waals surface area contributed by atoms with Crippen LogP contribution in [0.3, 0.4) is 0 Å². The topological polar surface area (TPSA) is 53.1 Å². The number of aromatic nitrogens is 2. The van der Waals surface area contributed by atoms with Gasteiger partial charge < -0.3 is 10.5 Å². The van der Waals surface area contributed by atoms with E-state index in [0.717, 1.165) is 18.9 Å². The zero-order chi connectivity index (χ0) is 11.0. The molecule has 82 valence electrons. The second-order valence-electron chi connectivity index (χ2n) is 4.01. The molecule has 1 unspecified atom stereocenters. The largest absolute Gasteiger partial charge is 0.493 e. The van der Waals surface area contributed by atoms with E-state index < -0.39 is 0 Å². The van der Waals surface area contributed by atoms with E-state index in [-0.39, 0.29) is 0 Å². The molecule has 1 aromatic heterocycles. The molecule has 1 aliphatic heterocycles. The Morgan fingerprint density at radius 2 is 2.25 bits per heavy atom. The van der Waals surface area contributed by atoms with Crippen molar-refractivity contribution < 1.29 is 4.74 Å². The van der Waals surface area contributed by atoms with E-state index in [2.05, 4.69) is 11.2 Å². The summed E-state index contributed by atoms with van der Waals surface area (Å²) < 4.78 is 7.48. The Bertz CT molecular complexity index is 506. The minimum absolute atomic E-state index is 0.371. The lowest BCUT2D eigenvalue weighted by molar-refractivity contribution is 0.315. The van der Waals surface area contributed by atoms with Crippen molar-refractivity contribution in [2.75, 3.05) is 12.3 Å². The quantitative estimate of drug-likeness (QED) is 0.828. The lowest BCUT2D eigenvalue weighted by atomic mass is 10.0. The minimum Gasteiger partial charge on any atom is -0.493 e. The van der Waals surface area contributed by atoms with Crippen LogP contribution in [0.1, 0.15) is 11.5 Å². The molecule has 0 aliphatic carbocycles. The van der Waals surface area contributed by atoms with Crippen molar-refractivity contribution in [2.45, 2.75) is 12.5 Å². The second kappa shape index (κ2) is 3.56. The van der Waals surface area contributed by atoms with Gasteiger partial charge in [-0.05, 0) is 12.1 Å². The van der Waals surface area contributed by atoms with Gasteiger partial charge in [-0.15, -0.1) is 0 Å². The van der Waals surface area contributed by atoms with Crippen molar-refractivity contribution in [3.63, 3.8) is 0 Å². The first kappa shape index (κ1) is 9.27. The third-order valence-corrected chi connectivity index (χ3v) is 2.87. The van der Waals surface area contributed by atoms with E-state index in [9.17, 15) is 0 Å². The van der Waals surface area contributed by atoms with Gasteiger partial charge in [-0.25, -0.2) is 0 Å². The van der Waals surface area contributed by atoms with Crippen molar-refractivity contribution in [2.24, 2.45) is 0 Å². The van der Waals surface area contributed by atoms with E-state index in [0.29, 0.717) is 11.7 Å². The first-order valence-electron chi connectivity index (χ1n) is 5.33. The molecule has 3 rings (SSSR count). The summed E-state index contributed by atoms with van der Waals surface area (Å²) in [5.41, 5.74) is 6.84. The molecular weight excluding hydrogens is 202 g/mol. The third kappa shape index (κ3) is 1.52. The molecule has 0 saturated heterocycles. The molecule has 0 saturated carbocycles. The number of nitrogens with zero attached hydrogens (tertiary/aromatic N) is 2. The summed E-state index contributed by atoms with van der Waals surface area (Å²) >= 11 is 0. The number of ether oxygens (including phenoxy) is 1. The molecule has 0 fully saturated rings. The van der Waals surface area contributed by atoms with Crippen LogP contribution in [0.5, 0.6) is 5.75 Å². The van der Waals surface area contributed by atoms with E-state index in [1.165, 1.54) is 5.56 Å². The molecule has 2 heterocycles. The van der Waals surface area contributed by atoms with Gasteiger partial charge in [0.1, 0.15) is 11.6 Å². The summed E-state index contributed by atoms with van der Waals surface area (Å²) in [5.74, 6) is 1.93. The fraction of sp³-hybridized carbons (Fsp3) is 0.250. The monoisotopic (exact) mass is 215 g/mol. The number of benzene rings is 1. The summed E-state index contributed by atoms with van der Waals surface area (Å²) in [7, 11) is 0. The van der Waals surface area contributed by atoms with Gasteiger partial charge in [0, 0.05) is 17.7 Å². The fourth-order valence-corrected chi connectivity index (χ4v) is 2.09. The van der Waals surface area contributed by atoms with Gasteiger partial charge in [0.05, 0.1) is 13.2 Å². The number of nitrogens with two attached hydrogens (primary N) is 1. The highest BCUT2D eigenvalue weighted by molar-refractivity contribution is 5.39. The van der Waals surface area contributed by atoms with Crippen LogP contribution < -0.4 is 10.5 Å². The molecule has 0 amide bonds. The Hall–Kier alpha value is -1.97. The molecular formula is C12H13N3O. The Balaban J connectivity index is 1.83. The summed E-state index contributed by atoms with van der Waals surface area (Å²) in [6, 6.07) is 9.96. The molecule has 1 atom stereocenters.